The number of nitrogens with two attached hydrogens (primary N) is 5. The first-order valence-corrected chi connectivity index (χ1v) is 10.7. The number of hydrogen-bond acceptors (Lipinski definition) is 8. The van der Waals surface area contributed by atoms with Crippen molar-refractivity contribution >= 4 is 48.2 Å². The average Bonchev–Trinajstić information content (AvgIpc) is 2.74. The van der Waals surface area contributed by atoms with Gasteiger partial charge in [0, 0.05) is 18.8 Å². The van der Waals surface area contributed by atoms with Gasteiger partial charge in [-0.25, -0.2) is 4.79 Å². The molecule has 0 rings (SSSR count). The van der Waals surface area contributed by atoms with E-state index in [0.29, 0.717) is 25.8 Å². The SMILES string of the molecule is NC(N)=NCCCC(N)C(=O)NCC(=O)NC(CS)C(=O)NC(CCCN=C(N)N)C(=O)O. The highest BCUT2D eigenvalue weighted by Crippen LogP contribution is 2.01. The van der Waals surface area contributed by atoms with Crippen LogP contribution in [0.25, 0.3) is 0 Å². The summed E-state index contributed by atoms with van der Waals surface area (Å²) in [5, 5.41) is 16.3. The van der Waals surface area contributed by atoms with Gasteiger partial charge in [0.25, 0.3) is 0 Å². The van der Waals surface area contributed by atoms with Gasteiger partial charge in [-0.3, -0.25) is 24.4 Å². The van der Waals surface area contributed by atoms with Crippen molar-refractivity contribution in [3.63, 3.8) is 0 Å². The molecule has 0 aromatic rings. The summed E-state index contributed by atoms with van der Waals surface area (Å²) in [6.07, 6.45) is 1.15. The van der Waals surface area contributed by atoms with E-state index in [1.807, 2.05) is 0 Å². The van der Waals surface area contributed by atoms with E-state index < -0.39 is 48.4 Å². The molecule has 0 spiro atoms. The summed E-state index contributed by atoms with van der Waals surface area (Å²) in [4.78, 5) is 55.3. The molecule has 33 heavy (non-hydrogen) atoms. The maximum Gasteiger partial charge on any atom is 0.326 e. The van der Waals surface area contributed by atoms with Crippen LogP contribution in [-0.4, -0.2) is 84.2 Å². The Kier molecular flexibility index (Phi) is 14.8. The van der Waals surface area contributed by atoms with Crippen molar-refractivity contribution < 1.29 is 24.3 Å². The third kappa shape index (κ3) is 14.4. The Labute approximate surface area is 196 Å². The normalized spacial score (nSPS) is 13.0. The molecule has 0 saturated heterocycles. The molecule has 15 nitrogen and oxygen atoms in total. The van der Waals surface area contributed by atoms with Crippen LogP contribution in [0.4, 0.5) is 0 Å². The van der Waals surface area contributed by atoms with Crippen LogP contribution in [0.2, 0.25) is 0 Å². The van der Waals surface area contributed by atoms with Gasteiger partial charge in [0.2, 0.25) is 17.7 Å². The molecule has 3 atom stereocenters. The molecule has 0 radical (unpaired) electrons. The zero-order chi connectivity index (χ0) is 25.4. The highest BCUT2D eigenvalue weighted by Gasteiger charge is 2.25. The molecule has 0 aliphatic rings. The maximum absolute atomic E-state index is 12.4. The summed E-state index contributed by atoms with van der Waals surface area (Å²) >= 11 is 4.01. The van der Waals surface area contributed by atoms with Gasteiger partial charge in [-0.15, -0.1) is 0 Å². The smallest absolute Gasteiger partial charge is 0.326 e. The minimum atomic E-state index is -1.25. The first kappa shape index (κ1) is 29.7. The lowest BCUT2D eigenvalue weighted by molar-refractivity contribution is -0.142. The van der Waals surface area contributed by atoms with E-state index in [-0.39, 0.29) is 30.6 Å². The van der Waals surface area contributed by atoms with E-state index >= 15 is 0 Å². The Morgan fingerprint density at radius 3 is 1.88 bits per heavy atom. The number of carboxylic acids is 1. The second-order valence-corrected chi connectivity index (χ2v) is 7.29. The summed E-state index contributed by atoms with van der Waals surface area (Å²) in [7, 11) is 0. The number of carbonyl (C=O) groups is 4. The van der Waals surface area contributed by atoms with Crippen LogP contribution in [0.3, 0.4) is 0 Å². The van der Waals surface area contributed by atoms with Crippen LogP contribution >= 0.6 is 12.6 Å². The van der Waals surface area contributed by atoms with Gasteiger partial charge in [0.15, 0.2) is 11.9 Å². The molecule has 0 aliphatic carbocycles. The molecule has 0 aromatic heterocycles. The Bertz CT molecular complexity index is 725. The third-order valence-electron chi connectivity index (χ3n) is 4.12. The molecular formula is C17H34N10O5S. The second kappa shape index (κ2) is 16.4. The molecule has 3 unspecified atom stereocenters. The summed E-state index contributed by atoms with van der Waals surface area (Å²) in [5.74, 6) is -3.52. The number of hydrogen-bond donors (Lipinski definition) is 10. The zero-order valence-corrected chi connectivity index (χ0v) is 19.1. The average molecular weight is 491 g/mol. The first-order chi connectivity index (χ1) is 15.5. The fourth-order valence-electron chi connectivity index (χ4n) is 2.42. The van der Waals surface area contributed by atoms with Gasteiger partial charge in [0.1, 0.15) is 12.1 Å². The fraction of sp³-hybridized carbons (Fsp3) is 0.647. The van der Waals surface area contributed by atoms with Crippen LogP contribution in [0.1, 0.15) is 25.7 Å². The van der Waals surface area contributed by atoms with Crippen LogP contribution < -0.4 is 44.6 Å². The molecule has 16 heteroatoms. The van der Waals surface area contributed by atoms with Crippen molar-refractivity contribution in [3.05, 3.63) is 0 Å². The molecule has 0 fully saturated rings. The number of nitrogens with one attached hydrogen (secondary N) is 3. The van der Waals surface area contributed by atoms with Crippen LogP contribution in [0.15, 0.2) is 9.98 Å². The van der Waals surface area contributed by atoms with Gasteiger partial charge in [-0.2, -0.15) is 12.6 Å². The molecule has 0 heterocycles. The topological polar surface area (TPSA) is 279 Å². The molecule has 0 saturated carbocycles. The standard InChI is InChI=1S/C17H34N10O5S/c18-9(3-1-5-23-16(19)20)13(29)25-7-12(28)26-11(8-33)14(30)27-10(15(31)32)4-2-6-24-17(21)22/h9-11,33H,1-8,18H2,(H,25,29)(H,26,28)(H,27,30)(H,31,32)(H4,19,20,23)(H4,21,22,24). The summed E-state index contributed by atoms with van der Waals surface area (Å²) in [5.41, 5.74) is 26.5. The number of carbonyl (C=O) groups excluding carboxylic acids is 3. The summed E-state index contributed by atoms with van der Waals surface area (Å²) in [6.45, 7) is 0.0812. The van der Waals surface area contributed by atoms with E-state index in [2.05, 4.69) is 38.6 Å². The summed E-state index contributed by atoms with van der Waals surface area (Å²) in [6, 6.07) is -3.19. The number of carboxylic acid groups (broad SMARTS) is 1. The van der Waals surface area contributed by atoms with Crippen molar-refractivity contribution in [1.29, 1.82) is 0 Å². The van der Waals surface area contributed by atoms with E-state index in [0.717, 1.165) is 0 Å². The lowest BCUT2D eigenvalue weighted by Crippen LogP contribution is -2.54. The summed E-state index contributed by atoms with van der Waals surface area (Å²) < 4.78 is 0. The molecule has 14 N–H and O–H groups in total. The Hall–Kier alpha value is -3.27. The van der Waals surface area contributed by atoms with Gasteiger partial charge in [0.05, 0.1) is 12.6 Å². The number of aliphatic carboxylic acids is 1. The van der Waals surface area contributed by atoms with Crippen molar-refractivity contribution in [2.75, 3.05) is 25.4 Å². The monoisotopic (exact) mass is 490 g/mol. The Morgan fingerprint density at radius 1 is 0.848 bits per heavy atom. The van der Waals surface area contributed by atoms with Crippen LogP contribution in [0.5, 0.6) is 0 Å². The Balaban J connectivity index is 4.55. The van der Waals surface area contributed by atoms with Gasteiger partial charge in [-0.1, -0.05) is 0 Å². The van der Waals surface area contributed by atoms with E-state index in [1.54, 1.807) is 0 Å². The van der Waals surface area contributed by atoms with E-state index in [9.17, 15) is 24.3 Å². The molecule has 0 aromatic carbocycles. The maximum atomic E-state index is 12.4. The number of amides is 3. The van der Waals surface area contributed by atoms with Gasteiger partial charge >= 0.3 is 5.97 Å². The third-order valence-corrected chi connectivity index (χ3v) is 4.49. The minimum Gasteiger partial charge on any atom is -0.480 e. The number of nitrogens with zero attached hydrogens (tertiary/aromatic N) is 2. The Morgan fingerprint density at radius 2 is 1.39 bits per heavy atom. The number of rotatable bonds is 16. The molecular weight excluding hydrogens is 456 g/mol. The van der Waals surface area contributed by atoms with E-state index in [1.165, 1.54) is 0 Å². The van der Waals surface area contributed by atoms with Crippen molar-refractivity contribution in [1.82, 2.24) is 16.0 Å². The highest BCUT2D eigenvalue weighted by atomic mass is 32.1. The van der Waals surface area contributed by atoms with Gasteiger partial charge in [-0.05, 0) is 25.7 Å². The first-order valence-electron chi connectivity index (χ1n) is 10.0. The number of guanidine groups is 2. The van der Waals surface area contributed by atoms with Gasteiger partial charge < -0.3 is 49.7 Å². The van der Waals surface area contributed by atoms with Crippen LogP contribution in [-0.2, 0) is 19.2 Å². The largest absolute Gasteiger partial charge is 0.480 e. The predicted octanol–water partition coefficient (Wildman–Crippen LogP) is -4.48. The quantitative estimate of drug-likeness (QED) is 0.0428. The predicted molar refractivity (Wildman–Crippen MR) is 126 cm³/mol. The van der Waals surface area contributed by atoms with Crippen molar-refractivity contribution in [3.8, 4) is 0 Å². The molecule has 188 valence electrons. The van der Waals surface area contributed by atoms with E-state index in [4.69, 9.17) is 28.7 Å². The van der Waals surface area contributed by atoms with Crippen molar-refractivity contribution in [2.24, 2.45) is 38.7 Å². The fourth-order valence-corrected chi connectivity index (χ4v) is 2.68. The molecule has 0 bridgehead atoms. The lowest BCUT2D eigenvalue weighted by atomic mass is 10.1. The van der Waals surface area contributed by atoms with Crippen molar-refractivity contribution in [2.45, 2.75) is 43.8 Å². The molecule has 0 aliphatic heterocycles. The minimum absolute atomic E-state index is 0.0620. The second-order valence-electron chi connectivity index (χ2n) is 6.92. The zero-order valence-electron chi connectivity index (χ0n) is 18.2. The lowest BCUT2D eigenvalue weighted by Gasteiger charge is -2.20. The van der Waals surface area contributed by atoms with Crippen LogP contribution in [0, 0.1) is 0 Å². The highest BCUT2D eigenvalue weighted by molar-refractivity contribution is 7.80. The number of thiol groups is 1. The molecule has 3 amide bonds. The number of aliphatic imine (C=N–C) groups is 2.